The number of carbonyl (C=O) groups excluding carboxylic acids is 2. The highest BCUT2D eigenvalue weighted by Gasteiger charge is 2.39. The number of aryl methyl sites for hydroxylation is 1. The van der Waals surface area contributed by atoms with Crippen molar-refractivity contribution < 1.29 is 23.5 Å². The van der Waals surface area contributed by atoms with Gasteiger partial charge >= 0.3 is 11.9 Å². The number of allylic oxidation sites excluding steroid dienone is 2. The number of rotatable bonds is 5. The second kappa shape index (κ2) is 8.37. The fourth-order valence-electron chi connectivity index (χ4n) is 3.30. The van der Waals surface area contributed by atoms with Crippen molar-refractivity contribution in [2.45, 2.75) is 46.6 Å². The normalized spacial score (nSPS) is 17.1. The summed E-state index contributed by atoms with van der Waals surface area (Å²) in [6.07, 6.45) is -0.329. The first-order valence-electron chi connectivity index (χ1n) is 8.85. The molecule has 0 saturated heterocycles. The van der Waals surface area contributed by atoms with Gasteiger partial charge in [-0.1, -0.05) is 18.2 Å². The molecular weight excluding hydrogens is 349 g/mol. The van der Waals surface area contributed by atoms with E-state index in [4.69, 9.17) is 9.47 Å². The zero-order valence-corrected chi connectivity index (χ0v) is 16.6. The van der Waals surface area contributed by atoms with Crippen LogP contribution in [0.2, 0.25) is 0 Å². The molecule has 1 N–H and O–H groups in total. The summed E-state index contributed by atoms with van der Waals surface area (Å²) in [6, 6.07) is 5.64. The van der Waals surface area contributed by atoms with E-state index >= 15 is 0 Å². The Bertz CT molecular complexity index is 823. The van der Waals surface area contributed by atoms with E-state index in [1.165, 1.54) is 7.11 Å². The maximum absolute atomic E-state index is 13.7. The summed E-state index contributed by atoms with van der Waals surface area (Å²) in [5, 5.41) is 2.85. The predicted molar refractivity (Wildman–Crippen MR) is 101 cm³/mol. The molecular formula is C21H26FNO4. The standard InChI is InChI=1S/C21H26FNO4/c1-11(2)27-21(25)17-14(5)23-16(10-22)19(20(24)26-6)18(17)15-9-7-8-12(3)13(15)4/h7-9,11,18,23H,10H2,1-6H3. The number of nitrogens with one attached hydrogen (secondary N) is 1. The third-order valence-corrected chi connectivity index (χ3v) is 4.70. The Kier molecular flexibility index (Phi) is 6.41. The topological polar surface area (TPSA) is 64.6 Å². The molecule has 1 unspecified atom stereocenters. The highest BCUT2D eigenvalue weighted by Crippen LogP contribution is 2.41. The number of methoxy groups -OCH3 is 1. The third kappa shape index (κ3) is 4.04. The predicted octanol–water partition coefficient (Wildman–Crippen LogP) is 3.61. The van der Waals surface area contributed by atoms with Crippen LogP contribution in [-0.2, 0) is 19.1 Å². The molecule has 27 heavy (non-hydrogen) atoms. The molecule has 6 heteroatoms. The van der Waals surface area contributed by atoms with Gasteiger partial charge in [-0.15, -0.1) is 0 Å². The molecule has 146 valence electrons. The molecule has 0 amide bonds. The molecule has 2 rings (SSSR count). The lowest BCUT2D eigenvalue weighted by Gasteiger charge is -2.32. The Balaban J connectivity index is 2.77. The lowest BCUT2D eigenvalue weighted by molar-refractivity contribution is -0.143. The van der Waals surface area contributed by atoms with Crippen molar-refractivity contribution in [2.24, 2.45) is 0 Å². The van der Waals surface area contributed by atoms with Crippen molar-refractivity contribution in [1.82, 2.24) is 5.32 Å². The van der Waals surface area contributed by atoms with Crippen LogP contribution in [-0.4, -0.2) is 31.8 Å². The van der Waals surface area contributed by atoms with E-state index in [1.807, 2.05) is 32.0 Å². The number of dihydropyridines is 1. The summed E-state index contributed by atoms with van der Waals surface area (Å²) in [7, 11) is 1.24. The van der Waals surface area contributed by atoms with Gasteiger partial charge in [0.2, 0.25) is 0 Å². The molecule has 0 saturated carbocycles. The molecule has 1 aromatic carbocycles. The smallest absolute Gasteiger partial charge is 0.337 e. The molecule has 0 spiro atoms. The fraction of sp³-hybridized carbons (Fsp3) is 0.429. The summed E-state index contributed by atoms with van der Waals surface area (Å²) >= 11 is 0. The van der Waals surface area contributed by atoms with E-state index in [9.17, 15) is 14.0 Å². The molecule has 0 bridgehead atoms. The van der Waals surface area contributed by atoms with Crippen molar-refractivity contribution in [3.05, 3.63) is 57.4 Å². The molecule has 0 aromatic heterocycles. The minimum atomic E-state index is -0.879. The molecule has 1 aromatic rings. The maximum Gasteiger partial charge on any atom is 0.337 e. The largest absolute Gasteiger partial charge is 0.466 e. The number of hydrogen-bond acceptors (Lipinski definition) is 5. The summed E-state index contributed by atoms with van der Waals surface area (Å²) in [5.74, 6) is -1.99. The third-order valence-electron chi connectivity index (χ3n) is 4.70. The van der Waals surface area contributed by atoms with Crippen molar-refractivity contribution in [3.8, 4) is 0 Å². The Labute approximate surface area is 159 Å². The molecule has 1 atom stereocenters. The van der Waals surface area contributed by atoms with Gasteiger partial charge < -0.3 is 14.8 Å². The average Bonchev–Trinajstić information content (AvgIpc) is 2.61. The summed E-state index contributed by atoms with van der Waals surface area (Å²) < 4.78 is 24.1. The number of carbonyl (C=O) groups is 2. The lowest BCUT2D eigenvalue weighted by atomic mass is 9.78. The van der Waals surface area contributed by atoms with E-state index in [1.54, 1.807) is 20.8 Å². The highest BCUT2D eigenvalue weighted by molar-refractivity contribution is 6.00. The second-order valence-corrected chi connectivity index (χ2v) is 6.86. The number of alkyl halides is 1. The Morgan fingerprint density at radius 3 is 2.37 bits per heavy atom. The van der Waals surface area contributed by atoms with Crippen LogP contribution in [0.4, 0.5) is 4.39 Å². The van der Waals surface area contributed by atoms with E-state index in [-0.39, 0.29) is 22.9 Å². The minimum absolute atomic E-state index is 0.0926. The molecule has 0 fully saturated rings. The van der Waals surface area contributed by atoms with E-state index in [0.29, 0.717) is 5.70 Å². The second-order valence-electron chi connectivity index (χ2n) is 6.86. The van der Waals surface area contributed by atoms with Crippen LogP contribution in [0.3, 0.4) is 0 Å². The maximum atomic E-state index is 13.7. The van der Waals surface area contributed by atoms with Gasteiger partial charge in [0.25, 0.3) is 0 Å². The molecule has 0 aliphatic carbocycles. The van der Waals surface area contributed by atoms with Gasteiger partial charge in [0.15, 0.2) is 0 Å². The first kappa shape index (κ1) is 20.7. The van der Waals surface area contributed by atoms with Crippen molar-refractivity contribution in [3.63, 3.8) is 0 Å². The summed E-state index contributed by atoms with van der Waals surface area (Å²) in [6.45, 7) is 8.16. The van der Waals surface area contributed by atoms with E-state index < -0.39 is 24.5 Å². The van der Waals surface area contributed by atoms with Gasteiger partial charge in [0.1, 0.15) is 6.67 Å². The van der Waals surface area contributed by atoms with E-state index in [0.717, 1.165) is 16.7 Å². The van der Waals surface area contributed by atoms with Gasteiger partial charge in [0.05, 0.1) is 36.0 Å². The van der Waals surface area contributed by atoms with Crippen LogP contribution >= 0.6 is 0 Å². The Morgan fingerprint density at radius 1 is 1.15 bits per heavy atom. The van der Waals surface area contributed by atoms with Crippen LogP contribution in [0.25, 0.3) is 0 Å². The Hall–Kier alpha value is -2.63. The van der Waals surface area contributed by atoms with Crippen LogP contribution in [0, 0.1) is 13.8 Å². The zero-order chi connectivity index (χ0) is 20.3. The fourth-order valence-corrected chi connectivity index (χ4v) is 3.30. The summed E-state index contributed by atoms with van der Waals surface area (Å²) in [4.78, 5) is 25.4. The molecule has 5 nitrogen and oxygen atoms in total. The highest BCUT2D eigenvalue weighted by atomic mass is 19.1. The first-order chi connectivity index (χ1) is 12.7. The monoisotopic (exact) mass is 375 g/mol. The van der Waals surface area contributed by atoms with Gasteiger partial charge in [-0.25, -0.2) is 14.0 Å². The number of benzene rings is 1. The SMILES string of the molecule is COC(=O)C1=C(CF)NC(C)=C(C(=O)OC(C)C)C1c1cccc(C)c1C. The molecule has 0 radical (unpaired) electrons. The molecule has 1 aliphatic heterocycles. The van der Waals surface area contributed by atoms with Gasteiger partial charge in [-0.2, -0.15) is 0 Å². The van der Waals surface area contributed by atoms with Gasteiger partial charge in [-0.05, 0) is 51.3 Å². The lowest BCUT2D eigenvalue weighted by Crippen LogP contribution is -2.34. The van der Waals surface area contributed by atoms with Crippen molar-refractivity contribution >= 4 is 11.9 Å². The van der Waals surface area contributed by atoms with Crippen LogP contribution < -0.4 is 5.32 Å². The number of esters is 2. The zero-order valence-electron chi connectivity index (χ0n) is 16.6. The van der Waals surface area contributed by atoms with E-state index in [2.05, 4.69) is 5.32 Å². The van der Waals surface area contributed by atoms with Crippen LogP contribution in [0.1, 0.15) is 43.4 Å². The summed E-state index contributed by atoms with van der Waals surface area (Å²) in [5.41, 5.74) is 3.62. The number of hydrogen-bond donors (Lipinski definition) is 1. The molecule has 1 aliphatic rings. The Morgan fingerprint density at radius 2 is 1.81 bits per heavy atom. The van der Waals surface area contributed by atoms with Crippen LogP contribution in [0.15, 0.2) is 40.7 Å². The van der Waals surface area contributed by atoms with Gasteiger partial charge in [-0.3, -0.25) is 0 Å². The quantitative estimate of drug-likeness (QED) is 0.797. The number of ether oxygens (including phenoxy) is 2. The molecule has 1 heterocycles. The van der Waals surface area contributed by atoms with Crippen LogP contribution in [0.5, 0.6) is 0 Å². The number of halogens is 1. The average molecular weight is 375 g/mol. The minimum Gasteiger partial charge on any atom is -0.466 e. The van der Waals surface area contributed by atoms with Crippen molar-refractivity contribution in [2.75, 3.05) is 13.8 Å². The first-order valence-corrected chi connectivity index (χ1v) is 8.85. The van der Waals surface area contributed by atoms with Crippen molar-refractivity contribution in [1.29, 1.82) is 0 Å². The van der Waals surface area contributed by atoms with Gasteiger partial charge in [0, 0.05) is 5.70 Å².